The van der Waals surface area contributed by atoms with Gasteiger partial charge in [0.1, 0.15) is 6.10 Å². The van der Waals surface area contributed by atoms with Gasteiger partial charge < -0.3 is 9.47 Å². The minimum atomic E-state index is -0.244. The molecular weight excluding hydrogens is 256 g/mol. The summed E-state index contributed by atoms with van der Waals surface area (Å²) in [6, 6.07) is 0. The zero-order chi connectivity index (χ0) is 15.6. The van der Waals surface area contributed by atoms with Gasteiger partial charge >= 0.3 is 11.9 Å². The van der Waals surface area contributed by atoms with Gasteiger partial charge in [-0.25, -0.2) is 0 Å². The van der Waals surface area contributed by atoms with Gasteiger partial charge in [0.15, 0.2) is 0 Å². The van der Waals surface area contributed by atoms with Crippen LogP contribution in [0.15, 0.2) is 0 Å². The Labute approximate surface area is 123 Å². The van der Waals surface area contributed by atoms with Crippen LogP contribution in [-0.2, 0) is 19.1 Å². The van der Waals surface area contributed by atoms with E-state index >= 15 is 0 Å². The Kier molecular flexibility index (Phi) is 9.26. The second kappa shape index (κ2) is 9.78. The second-order valence-corrected chi connectivity index (χ2v) is 6.28. The Morgan fingerprint density at radius 1 is 1.00 bits per heavy atom. The van der Waals surface area contributed by atoms with E-state index in [1.807, 2.05) is 27.7 Å². The maximum absolute atomic E-state index is 11.6. The summed E-state index contributed by atoms with van der Waals surface area (Å²) in [5.41, 5.74) is -0.0616. The zero-order valence-corrected chi connectivity index (χ0v) is 13.7. The summed E-state index contributed by atoms with van der Waals surface area (Å²) < 4.78 is 10.4. The van der Waals surface area contributed by atoms with Crippen LogP contribution in [0.4, 0.5) is 0 Å². The molecule has 0 heterocycles. The van der Waals surface area contributed by atoms with Crippen molar-refractivity contribution in [2.24, 2.45) is 5.41 Å². The first-order chi connectivity index (χ1) is 9.27. The lowest BCUT2D eigenvalue weighted by Gasteiger charge is -2.26. The van der Waals surface area contributed by atoms with E-state index in [0.717, 1.165) is 19.3 Å². The summed E-state index contributed by atoms with van der Waals surface area (Å²) in [6.45, 7) is 10.6. The lowest BCUT2D eigenvalue weighted by Crippen LogP contribution is -2.28. The van der Waals surface area contributed by atoms with Gasteiger partial charge in [0, 0.05) is 12.8 Å². The number of rotatable bonds is 9. The van der Waals surface area contributed by atoms with E-state index in [1.165, 1.54) is 0 Å². The molecule has 0 bridgehead atoms. The molecule has 0 saturated carbocycles. The van der Waals surface area contributed by atoms with Crippen molar-refractivity contribution in [1.82, 2.24) is 0 Å². The van der Waals surface area contributed by atoms with Crippen molar-refractivity contribution >= 4 is 11.9 Å². The number of ether oxygens (including phenoxy) is 2. The molecule has 1 unspecified atom stereocenters. The van der Waals surface area contributed by atoms with E-state index < -0.39 is 0 Å². The van der Waals surface area contributed by atoms with Crippen LogP contribution in [0, 0.1) is 5.41 Å². The Morgan fingerprint density at radius 2 is 1.60 bits per heavy atom. The molecule has 0 aromatic carbocycles. The van der Waals surface area contributed by atoms with Crippen LogP contribution in [0.25, 0.3) is 0 Å². The van der Waals surface area contributed by atoms with E-state index in [-0.39, 0.29) is 36.3 Å². The van der Waals surface area contributed by atoms with Crippen LogP contribution in [0.1, 0.15) is 73.1 Å². The number of carbonyl (C=O) groups excluding carboxylic acids is 2. The van der Waals surface area contributed by atoms with Gasteiger partial charge in [0.25, 0.3) is 0 Å². The van der Waals surface area contributed by atoms with Gasteiger partial charge in [0.2, 0.25) is 0 Å². The molecule has 0 aromatic heterocycles. The lowest BCUT2D eigenvalue weighted by molar-refractivity contribution is -0.153. The van der Waals surface area contributed by atoms with Crippen LogP contribution in [0.2, 0.25) is 0 Å². The molecule has 4 nitrogen and oxygen atoms in total. The van der Waals surface area contributed by atoms with E-state index in [9.17, 15) is 9.59 Å². The van der Waals surface area contributed by atoms with Gasteiger partial charge in [0.05, 0.1) is 6.61 Å². The van der Waals surface area contributed by atoms with Gasteiger partial charge in [-0.05, 0) is 25.2 Å². The number of carbonyl (C=O) groups is 2. The first-order valence-corrected chi connectivity index (χ1v) is 7.62. The summed E-state index contributed by atoms with van der Waals surface area (Å²) >= 11 is 0. The first kappa shape index (κ1) is 18.9. The third-order valence-corrected chi connectivity index (χ3v) is 3.30. The van der Waals surface area contributed by atoms with E-state index in [1.54, 1.807) is 0 Å². The zero-order valence-electron chi connectivity index (χ0n) is 13.7. The van der Waals surface area contributed by atoms with Crippen molar-refractivity contribution in [3.8, 4) is 0 Å². The molecule has 0 radical (unpaired) electrons. The van der Waals surface area contributed by atoms with Crippen molar-refractivity contribution in [2.45, 2.75) is 79.2 Å². The number of hydrogen-bond donors (Lipinski definition) is 0. The highest BCUT2D eigenvalue weighted by Gasteiger charge is 2.23. The first-order valence-electron chi connectivity index (χ1n) is 7.62. The molecule has 0 spiro atoms. The normalized spacial score (nSPS) is 12.8. The maximum atomic E-state index is 11.6. The second-order valence-electron chi connectivity index (χ2n) is 6.28. The predicted octanol–water partition coefficient (Wildman–Crippen LogP) is 3.87. The van der Waals surface area contributed by atoms with Crippen LogP contribution in [0.5, 0.6) is 0 Å². The van der Waals surface area contributed by atoms with Crippen molar-refractivity contribution < 1.29 is 19.1 Å². The average Bonchev–Trinajstić information content (AvgIpc) is 2.33. The van der Waals surface area contributed by atoms with Crippen molar-refractivity contribution in [3.63, 3.8) is 0 Å². The highest BCUT2D eigenvalue weighted by atomic mass is 16.5. The third kappa shape index (κ3) is 9.82. The summed E-state index contributed by atoms with van der Waals surface area (Å²) in [7, 11) is 0. The minimum Gasteiger partial charge on any atom is -0.466 e. The topological polar surface area (TPSA) is 52.6 Å². The van der Waals surface area contributed by atoms with Crippen LogP contribution in [-0.4, -0.2) is 24.6 Å². The summed E-state index contributed by atoms with van der Waals surface area (Å²) in [4.78, 5) is 23.0. The summed E-state index contributed by atoms with van der Waals surface area (Å²) in [5, 5.41) is 0. The molecule has 0 saturated heterocycles. The average molecular weight is 286 g/mol. The van der Waals surface area contributed by atoms with Gasteiger partial charge in [-0.2, -0.15) is 0 Å². The third-order valence-electron chi connectivity index (χ3n) is 3.30. The quantitative estimate of drug-likeness (QED) is 0.477. The van der Waals surface area contributed by atoms with Crippen molar-refractivity contribution in [1.29, 1.82) is 0 Å². The summed E-state index contributed by atoms with van der Waals surface area (Å²) in [6.07, 6.45) is 4.00. The van der Waals surface area contributed by atoms with E-state index in [4.69, 9.17) is 9.47 Å². The van der Waals surface area contributed by atoms with Crippen LogP contribution < -0.4 is 0 Å². The smallest absolute Gasteiger partial charge is 0.306 e. The molecule has 0 aliphatic heterocycles. The summed E-state index contributed by atoms with van der Waals surface area (Å²) in [5.74, 6) is -0.469. The van der Waals surface area contributed by atoms with Gasteiger partial charge in [-0.15, -0.1) is 0 Å². The molecule has 20 heavy (non-hydrogen) atoms. The standard InChI is InChI=1S/C16H30O4/c1-6-7-8-12-19-14(17)10-9-11-15(18)20-13(2)16(3,4)5/h13H,6-12H2,1-5H3. The fraction of sp³-hybridized carbons (Fsp3) is 0.875. The molecule has 0 rings (SSSR count). The van der Waals surface area contributed by atoms with Gasteiger partial charge in [-0.1, -0.05) is 40.5 Å². The largest absolute Gasteiger partial charge is 0.466 e. The molecule has 1 atom stereocenters. The molecule has 0 fully saturated rings. The van der Waals surface area contributed by atoms with E-state index in [2.05, 4.69) is 6.92 Å². The van der Waals surface area contributed by atoms with Crippen LogP contribution in [0.3, 0.4) is 0 Å². The number of esters is 2. The van der Waals surface area contributed by atoms with E-state index in [0.29, 0.717) is 13.0 Å². The Balaban J connectivity index is 3.68. The maximum Gasteiger partial charge on any atom is 0.306 e. The molecule has 0 aliphatic carbocycles. The van der Waals surface area contributed by atoms with Crippen LogP contribution >= 0.6 is 0 Å². The number of unbranched alkanes of at least 4 members (excludes halogenated alkanes) is 2. The molecule has 0 aliphatic rings. The number of hydrogen-bond acceptors (Lipinski definition) is 4. The molecule has 4 heteroatoms. The fourth-order valence-electron chi connectivity index (χ4n) is 1.42. The van der Waals surface area contributed by atoms with Crippen molar-refractivity contribution in [3.05, 3.63) is 0 Å². The molecular formula is C16H30O4. The molecule has 0 N–H and O–H groups in total. The van der Waals surface area contributed by atoms with Crippen molar-refractivity contribution in [2.75, 3.05) is 6.61 Å². The minimum absolute atomic E-state index is 0.0616. The molecule has 118 valence electrons. The molecule has 0 amide bonds. The SMILES string of the molecule is CCCCCOC(=O)CCCC(=O)OC(C)C(C)(C)C. The molecule has 0 aromatic rings. The predicted molar refractivity (Wildman–Crippen MR) is 79.3 cm³/mol. The van der Waals surface area contributed by atoms with Gasteiger partial charge in [-0.3, -0.25) is 9.59 Å². The Hall–Kier alpha value is -1.06. The Morgan fingerprint density at radius 3 is 2.15 bits per heavy atom. The lowest BCUT2D eigenvalue weighted by atomic mass is 9.90. The highest BCUT2D eigenvalue weighted by Crippen LogP contribution is 2.22. The fourth-order valence-corrected chi connectivity index (χ4v) is 1.42. The Bertz CT molecular complexity index is 291. The highest BCUT2D eigenvalue weighted by molar-refractivity contribution is 5.72. The monoisotopic (exact) mass is 286 g/mol.